The number of rotatable bonds is 4. The second-order valence-electron chi connectivity index (χ2n) is 4.61. The lowest BCUT2D eigenvalue weighted by Crippen LogP contribution is -2.21. The Morgan fingerprint density at radius 2 is 1.89 bits per heavy atom. The highest BCUT2D eigenvalue weighted by Gasteiger charge is 2.18. The van der Waals surface area contributed by atoms with E-state index in [1.807, 2.05) is 19.2 Å². The average Bonchev–Trinajstić information content (AvgIpc) is 2.39. The largest absolute Gasteiger partial charge is 0.313 e. The molecule has 100 valence electrons. The Morgan fingerprint density at radius 3 is 2.53 bits per heavy atom. The lowest BCUT2D eigenvalue weighted by atomic mass is 9.96. The molecule has 0 radical (unpaired) electrons. The SMILES string of the molecule is CNC(Cc1ccccc1C)c1c(F)cccc1Cl. The van der Waals surface area contributed by atoms with Crippen LogP contribution in [-0.2, 0) is 6.42 Å². The van der Waals surface area contributed by atoms with Crippen molar-refractivity contribution < 1.29 is 4.39 Å². The summed E-state index contributed by atoms with van der Waals surface area (Å²) >= 11 is 6.13. The van der Waals surface area contributed by atoms with Crippen molar-refractivity contribution in [3.05, 3.63) is 70.0 Å². The summed E-state index contributed by atoms with van der Waals surface area (Å²) in [5.74, 6) is -0.263. The molecule has 0 aromatic heterocycles. The van der Waals surface area contributed by atoms with Gasteiger partial charge in [0.25, 0.3) is 0 Å². The summed E-state index contributed by atoms with van der Waals surface area (Å²) in [5, 5.41) is 3.62. The van der Waals surface area contributed by atoms with E-state index in [1.165, 1.54) is 17.2 Å². The molecule has 1 N–H and O–H groups in total. The van der Waals surface area contributed by atoms with E-state index in [1.54, 1.807) is 12.1 Å². The first kappa shape index (κ1) is 14.0. The molecule has 0 aliphatic heterocycles. The standard InChI is InChI=1S/C16H17ClFN/c1-11-6-3-4-7-12(11)10-15(19-2)16-13(17)8-5-9-14(16)18/h3-9,15,19H,10H2,1-2H3. The first-order chi connectivity index (χ1) is 9.13. The van der Waals surface area contributed by atoms with Gasteiger partial charge < -0.3 is 5.32 Å². The molecule has 0 heterocycles. The fraction of sp³-hybridized carbons (Fsp3) is 0.250. The lowest BCUT2D eigenvalue weighted by Gasteiger charge is -2.19. The van der Waals surface area contributed by atoms with Gasteiger partial charge in [0.15, 0.2) is 0 Å². The van der Waals surface area contributed by atoms with Gasteiger partial charge in [-0.1, -0.05) is 41.9 Å². The van der Waals surface area contributed by atoms with Gasteiger partial charge in [-0.3, -0.25) is 0 Å². The van der Waals surface area contributed by atoms with E-state index >= 15 is 0 Å². The molecular weight excluding hydrogens is 261 g/mol. The summed E-state index contributed by atoms with van der Waals surface area (Å²) in [5.41, 5.74) is 2.94. The van der Waals surface area contributed by atoms with Crippen LogP contribution in [0.3, 0.4) is 0 Å². The quantitative estimate of drug-likeness (QED) is 0.879. The fourth-order valence-electron chi connectivity index (χ4n) is 2.25. The van der Waals surface area contributed by atoms with Crippen molar-refractivity contribution in [2.45, 2.75) is 19.4 Å². The van der Waals surface area contributed by atoms with E-state index in [2.05, 4.69) is 24.4 Å². The molecular formula is C16H17ClFN. The molecule has 19 heavy (non-hydrogen) atoms. The Morgan fingerprint density at radius 1 is 1.16 bits per heavy atom. The molecule has 3 heteroatoms. The Kier molecular flexibility index (Phi) is 4.56. The van der Waals surface area contributed by atoms with Crippen LogP contribution in [0.25, 0.3) is 0 Å². The molecule has 1 nitrogen and oxygen atoms in total. The molecule has 0 spiro atoms. The van der Waals surface area contributed by atoms with Crippen LogP contribution in [0.5, 0.6) is 0 Å². The maximum absolute atomic E-state index is 14.0. The zero-order valence-corrected chi connectivity index (χ0v) is 11.8. The second kappa shape index (κ2) is 6.18. The van der Waals surface area contributed by atoms with Gasteiger partial charge in [0, 0.05) is 16.6 Å². The van der Waals surface area contributed by atoms with Crippen LogP contribution in [0.15, 0.2) is 42.5 Å². The fourth-order valence-corrected chi connectivity index (χ4v) is 2.55. The summed E-state index contributed by atoms with van der Waals surface area (Å²) in [7, 11) is 1.83. The predicted octanol–water partition coefficient (Wildman–Crippen LogP) is 4.29. The van der Waals surface area contributed by atoms with Crippen molar-refractivity contribution in [3.63, 3.8) is 0 Å². The maximum atomic E-state index is 14.0. The van der Waals surface area contributed by atoms with E-state index in [0.717, 1.165) is 0 Å². The van der Waals surface area contributed by atoms with E-state index in [0.29, 0.717) is 17.0 Å². The summed E-state index contributed by atoms with van der Waals surface area (Å²) in [6.45, 7) is 2.06. The highest BCUT2D eigenvalue weighted by molar-refractivity contribution is 6.31. The van der Waals surface area contributed by atoms with Crippen LogP contribution in [0.2, 0.25) is 5.02 Å². The number of likely N-dealkylation sites (N-methyl/N-ethyl adjacent to an activating group) is 1. The average molecular weight is 278 g/mol. The predicted molar refractivity (Wildman–Crippen MR) is 78.1 cm³/mol. The normalized spacial score (nSPS) is 12.4. The topological polar surface area (TPSA) is 12.0 Å². The number of hydrogen-bond donors (Lipinski definition) is 1. The molecule has 0 amide bonds. The Balaban J connectivity index is 2.34. The highest BCUT2D eigenvalue weighted by Crippen LogP contribution is 2.28. The number of benzene rings is 2. The van der Waals surface area contributed by atoms with Gasteiger partial charge in [-0.15, -0.1) is 0 Å². The first-order valence-corrected chi connectivity index (χ1v) is 6.67. The number of nitrogens with one attached hydrogen (secondary N) is 1. The molecule has 1 atom stereocenters. The van der Waals surface area contributed by atoms with Gasteiger partial charge in [0.2, 0.25) is 0 Å². The van der Waals surface area contributed by atoms with Crippen LogP contribution < -0.4 is 5.32 Å². The Hall–Kier alpha value is -1.38. The minimum absolute atomic E-state index is 0.130. The summed E-state index contributed by atoms with van der Waals surface area (Å²) < 4.78 is 14.0. The first-order valence-electron chi connectivity index (χ1n) is 6.29. The van der Waals surface area contributed by atoms with Gasteiger partial charge in [-0.2, -0.15) is 0 Å². The zero-order chi connectivity index (χ0) is 13.8. The summed E-state index contributed by atoms with van der Waals surface area (Å²) in [6.07, 6.45) is 0.712. The van der Waals surface area contributed by atoms with Crippen molar-refractivity contribution in [1.82, 2.24) is 5.32 Å². The van der Waals surface area contributed by atoms with Gasteiger partial charge in [0.05, 0.1) is 0 Å². The molecule has 0 fully saturated rings. The van der Waals surface area contributed by atoms with E-state index in [9.17, 15) is 4.39 Å². The highest BCUT2D eigenvalue weighted by atomic mass is 35.5. The van der Waals surface area contributed by atoms with Gasteiger partial charge in [-0.05, 0) is 43.7 Å². The second-order valence-corrected chi connectivity index (χ2v) is 5.01. The third-order valence-electron chi connectivity index (χ3n) is 3.38. The minimum Gasteiger partial charge on any atom is -0.313 e. The third kappa shape index (κ3) is 3.14. The maximum Gasteiger partial charge on any atom is 0.129 e. The van der Waals surface area contributed by atoms with Gasteiger partial charge >= 0.3 is 0 Å². The molecule has 0 saturated heterocycles. The van der Waals surface area contributed by atoms with Crippen molar-refractivity contribution in [2.24, 2.45) is 0 Å². The molecule has 2 aromatic carbocycles. The number of halogens is 2. The van der Waals surface area contributed by atoms with Crippen molar-refractivity contribution in [3.8, 4) is 0 Å². The minimum atomic E-state index is -0.263. The van der Waals surface area contributed by atoms with Crippen molar-refractivity contribution >= 4 is 11.6 Å². The van der Waals surface area contributed by atoms with Gasteiger partial charge in [-0.25, -0.2) is 4.39 Å². The summed E-state index contributed by atoms with van der Waals surface area (Å²) in [6, 6.07) is 12.8. The molecule has 2 rings (SSSR count). The monoisotopic (exact) mass is 277 g/mol. The molecule has 2 aromatic rings. The summed E-state index contributed by atoms with van der Waals surface area (Å²) in [4.78, 5) is 0. The molecule has 1 unspecified atom stereocenters. The van der Waals surface area contributed by atoms with Crippen LogP contribution in [0, 0.1) is 12.7 Å². The molecule has 0 bridgehead atoms. The number of aryl methyl sites for hydroxylation is 1. The zero-order valence-electron chi connectivity index (χ0n) is 11.1. The van der Waals surface area contributed by atoms with Crippen molar-refractivity contribution in [2.75, 3.05) is 7.05 Å². The van der Waals surface area contributed by atoms with Crippen LogP contribution >= 0.6 is 11.6 Å². The Bertz CT molecular complexity index is 548. The molecule has 0 saturated carbocycles. The van der Waals surface area contributed by atoms with Gasteiger partial charge in [0.1, 0.15) is 5.82 Å². The van der Waals surface area contributed by atoms with Crippen LogP contribution in [0.1, 0.15) is 22.7 Å². The van der Waals surface area contributed by atoms with Crippen molar-refractivity contribution in [1.29, 1.82) is 0 Å². The molecule has 0 aliphatic rings. The van der Waals surface area contributed by atoms with Crippen LogP contribution in [0.4, 0.5) is 4.39 Å². The number of hydrogen-bond acceptors (Lipinski definition) is 1. The smallest absolute Gasteiger partial charge is 0.129 e. The van der Waals surface area contributed by atoms with E-state index in [-0.39, 0.29) is 11.9 Å². The van der Waals surface area contributed by atoms with E-state index in [4.69, 9.17) is 11.6 Å². The molecule has 0 aliphatic carbocycles. The third-order valence-corrected chi connectivity index (χ3v) is 3.71. The van der Waals surface area contributed by atoms with E-state index < -0.39 is 0 Å². The lowest BCUT2D eigenvalue weighted by molar-refractivity contribution is 0.533. The van der Waals surface area contributed by atoms with Crippen LogP contribution in [-0.4, -0.2) is 7.05 Å². The Labute approximate surface area is 118 Å².